The van der Waals surface area contributed by atoms with E-state index < -0.39 is 45.0 Å². The van der Waals surface area contributed by atoms with Gasteiger partial charge in [0.15, 0.2) is 16.5 Å². The number of aromatic nitrogens is 3. The van der Waals surface area contributed by atoms with Crippen LogP contribution in [0, 0.1) is 11.6 Å². The number of rotatable bonds is 5. The van der Waals surface area contributed by atoms with Gasteiger partial charge in [-0.2, -0.15) is 17.0 Å². The van der Waals surface area contributed by atoms with Crippen molar-refractivity contribution in [3.05, 3.63) is 62.5 Å². The van der Waals surface area contributed by atoms with E-state index in [2.05, 4.69) is 10.2 Å². The second-order valence-electron chi connectivity index (χ2n) is 9.46. The average molecular weight is 582 g/mol. The number of hydrogen-bond acceptors (Lipinski definition) is 9. The van der Waals surface area contributed by atoms with Gasteiger partial charge < -0.3 is 15.0 Å². The highest BCUT2D eigenvalue weighted by Crippen LogP contribution is 2.29. The van der Waals surface area contributed by atoms with Crippen LogP contribution in [0.5, 0.6) is 5.75 Å². The van der Waals surface area contributed by atoms with Crippen molar-refractivity contribution in [3.8, 4) is 16.3 Å². The van der Waals surface area contributed by atoms with E-state index >= 15 is 0 Å². The monoisotopic (exact) mass is 581 g/mol. The topological polar surface area (TPSA) is 132 Å². The molecule has 16 heteroatoms. The first kappa shape index (κ1) is 27.1. The molecule has 1 unspecified atom stereocenters. The van der Waals surface area contributed by atoms with E-state index in [0.717, 1.165) is 27.8 Å². The zero-order chi connectivity index (χ0) is 28.2. The summed E-state index contributed by atoms with van der Waals surface area (Å²) >= 11 is 0.994. The molecule has 4 heterocycles. The summed E-state index contributed by atoms with van der Waals surface area (Å²) in [7, 11) is 0.597. The van der Waals surface area contributed by atoms with Crippen LogP contribution in [0.15, 0.2) is 29.2 Å². The lowest BCUT2D eigenvalue weighted by molar-refractivity contribution is 0.0725. The largest absolute Gasteiger partial charge is 0.502 e. The number of benzene rings is 1. The Kier molecular flexibility index (Phi) is 6.90. The van der Waals surface area contributed by atoms with Crippen LogP contribution < -0.4 is 10.4 Å². The van der Waals surface area contributed by atoms with Gasteiger partial charge in [-0.3, -0.25) is 14.3 Å². The summed E-state index contributed by atoms with van der Waals surface area (Å²) in [5, 5.41) is 21.1. The lowest BCUT2D eigenvalue weighted by Gasteiger charge is -2.30. The van der Waals surface area contributed by atoms with Crippen molar-refractivity contribution in [3.63, 3.8) is 0 Å². The number of nitrogens with zero attached hydrogens (tertiary/aromatic N) is 7. The minimum atomic E-state index is -3.76. The van der Waals surface area contributed by atoms with Gasteiger partial charge >= 0.3 is 0 Å². The minimum absolute atomic E-state index is 0.00923. The molecule has 12 nitrogen and oxygen atoms in total. The fourth-order valence-electron chi connectivity index (χ4n) is 4.59. The van der Waals surface area contributed by atoms with Gasteiger partial charge in [0.05, 0.1) is 18.2 Å². The summed E-state index contributed by atoms with van der Waals surface area (Å²) in [6.07, 6.45) is 1.39. The highest BCUT2D eigenvalue weighted by atomic mass is 32.2. The first-order valence-corrected chi connectivity index (χ1v) is 14.0. The van der Waals surface area contributed by atoms with E-state index in [-0.39, 0.29) is 54.4 Å². The third kappa shape index (κ3) is 4.77. The fourth-order valence-corrected chi connectivity index (χ4v) is 6.59. The van der Waals surface area contributed by atoms with E-state index in [4.69, 9.17) is 0 Å². The summed E-state index contributed by atoms with van der Waals surface area (Å²) in [5.74, 6) is -2.86. The first-order valence-electron chi connectivity index (χ1n) is 11.8. The zero-order valence-electron chi connectivity index (χ0n) is 21.2. The molecule has 3 aromatic rings. The molecule has 2 aliphatic rings. The number of carbonyl (C=O) groups excluding carboxylic acids is 1. The SMILES string of the molecule is CN1C(=O)c2c(O)c(=O)c(-c3nnc(Cc4ccc(F)cc4F)s3)cn2N2CCN(S(=O)(=O)N(C)C)CC1C2. The van der Waals surface area contributed by atoms with Crippen molar-refractivity contribution < 1.29 is 27.1 Å². The fraction of sp³-hybridized carbons (Fsp3) is 0.391. The van der Waals surface area contributed by atoms with E-state index in [1.165, 1.54) is 47.3 Å². The molecule has 1 aromatic carbocycles. The van der Waals surface area contributed by atoms with Crippen molar-refractivity contribution in [1.82, 2.24) is 28.4 Å². The third-order valence-corrected chi connectivity index (χ3v) is 9.69. The number of pyridine rings is 1. The predicted octanol–water partition coefficient (Wildman–Crippen LogP) is 0.456. The molecular formula is C23H25F2N7O5S2. The molecule has 2 aromatic heterocycles. The standard InChI is InChI=1S/C23H25F2N7O5S2/c1-28(2)39(36,37)31-7-6-30-10-15(11-31)29(3)23(35)19-21(34)20(33)16(12-32(19)30)22-27-26-18(38-22)8-13-4-5-14(24)9-17(13)25/h4-5,9,12,15,34H,6-8,10-11H2,1-3H3. The average Bonchev–Trinajstić information content (AvgIpc) is 3.18. The van der Waals surface area contributed by atoms with Gasteiger partial charge in [0.1, 0.15) is 16.6 Å². The Hall–Kier alpha value is -3.47. The summed E-state index contributed by atoms with van der Waals surface area (Å²) in [4.78, 5) is 27.9. The molecule has 1 N–H and O–H groups in total. The molecule has 1 amide bonds. The molecule has 0 radical (unpaired) electrons. The molecule has 2 aliphatic heterocycles. The van der Waals surface area contributed by atoms with Crippen LogP contribution in [-0.4, -0.2) is 101 Å². The smallest absolute Gasteiger partial charge is 0.281 e. The van der Waals surface area contributed by atoms with Crippen molar-refractivity contribution in [1.29, 1.82) is 0 Å². The van der Waals surface area contributed by atoms with Crippen molar-refractivity contribution in [2.75, 3.05) is 52.3 Å². The van der Waals surface area contributed by atoms with Crippen molar-refractivity contribution in [2.24, 2.45) is 0 Å². The molecule has 2 bridgehead atoms. The maximum atomic E-state index is 14.1. The van der Waals surface area contributed by atoms with Crippen LogP contribution in [0.2, 0.25) is 0 Å². The number of hydrogen-bond donors (Lipinski definition) is 1. The van der Waals surface area contributed by atoms with E-state index in [1.807, 2.05) is 0 Å². The number of likely N-dealkylation sites (N-methyl/N-ethyl adjacent to an activating group) is 1. The second kappa shape index (κ2) is 9.93. The van der Waals surface area contributed by atoms with Gasteiger partial charge in [0.2, 0.25) is 5.43 Å². The van der Waals surface area contributed by atoms with E-state index in [1.54, 1.807) is 5.01 Å². The Bertz CT molecular complexity index is 1630. The number of halogens is 2. The van der Waals surface area contributed by atoms with Crippen molar-refractivity contribution in [2.45, 2.75) is 12.5 Å². The predicted molar refractivity (Wildman–Crippen MR) is 138 cm³/mol. The maximum Gasteiger partial charge on any atom is 0.281 e. The van der Waals surface area contributed by atoms with Crippen molar-refractivity contribution >= 4 is 27.5 Å². The van der Waals surface area contributed by atoms with Gasteiger partial charge in [-0.15, -0.1) is 10.2 Å². The number of fused-ring (bicyclic) bond motifs is 4. The van der Waals surface area contributed by atoms with Gasteiger partial charge in [0, 0.05) is 59.5 Å². The molecule has 0 spiro atoms. The van der Waals surface area contributed by atoms with Gasteiger partial charge in [0.25, 0.3) is 16.1 Å². The highest BCUT2D eigenvalue weighted by Gasteiger charge is 2.40. The van der Waals surface area contributed by atoms with E-state index in [9.17, 15) is 31.9 Å². The van der Waals surface area contributed by atoms with Crippen LogP contribution >= 0.6 is 11.3 Å². The first-order chi connectivity index (χ1) is 18.4. The summed E-state index contributed by atoms with van der Waals surface area (Å²) in [6.45, 7) is 0.546. The van der Waals surface area contributed by atoms with Crippen LogP contribution in [0.25, 0.3) is 10.6 Å². The molecule has 5 rings (SSSR count). The lowest BCUT2D eigenvalue weighted by atomic mass is 10.1. The quantitative estimate of drug-likeness (QED) is 0.460. The summed E-state index contributed by atoms with van der Waals surface area (Å²) < 4.78 is 56.8. The Morgan fingerprint density at radius 2 is 1.90 bits per heavy atom. The van der Waals surface area contributed by atoms with Gasteiger partial charge in [-0.05, 0) is 11.6 Å². The molecule has 39 heavy (non-hydrogen) atoms. The van der Waals surface area contributed by atoms with E-state index in [0.29, 0.717) is 5.01 Å². The lowest BCUT2D eigenvalue weighted by Crippen LogP contribution is -2.49. The molecule has 1 fully saturated rings. The third-order valence-electron chi connectivity index (χ3n) is 6.83. The van der Waals surface area contributed by atoms with Crippen LogP contribution in [0.4, 0.5) is 8.78 Å². The molecule has 0 saturated carbocycles. The zero-order valence-corrected chi connectivity index (χ0v) is 22.8. The van der Waals surface area contributed by atoms with Crippen LogP contribution in [0.3, 0.4) is 0 Å². The Labute approximate surface area is 226 Å². The number of carbonyl (C=O) groups is 1. The molecular weight excluding hydrogens is 556 g/mol. The van der Waals surface area contributed by atoms with Crippen LogP contribution in [0.1, 0.15) is 21.1 Å². The molecule has 0 aliphatic carbocycles. The van der Waals surface area contributed by atoms with Gasteiger partial charge in [-0.25, -0.2) is 8.78 Å². The molecule has 208 valence electrons. The maximum absolute atomic E-state index is 14.1. The summed E-state index contributed by atoms with van der Waals surface area (Å²) in [5.41, 5.74) is -0.903. The summed E-state index contributed by atoms with van der Waals surface area (Å²) in [6, 6.07) is 2.63. The Morgan fingerprint density at radius 1 is 1.15 bits per heavy atom. The Balaban J connectivity index is 1.54. The van der Waals surface area contributed by atoms with Crippen LogP contribution in [-0.2, 0) is 16.6 Å². The molecule has 1 atom stereocenters. The minimum Gasteiger partial charge on any atom is -0.502 e. The normalized spacial score (nSPS) is 18.3. The number of amides is 1. The Morgan fingerprint density at radius 3 is 2.59 bits per heavy atom. The highest BCUT2D eigenvalue weighted by molar-refractivity contribution is 7.86. The van der Waals surface area contributed by atoms with Gasteiger partial charge in [-0.1, -0.05) is 17.4 Å². The molecule has 1 saturated heterocycles. The second-order valence-corrected chi connectivity index (χ2v) is 12.7. The number of aromatic hydroxyl groups is 1.